The predicted octanol–water partition coefficient (Wildman–Crippen LogP) is 3.84. The summed E-state index contributed by atoms with van der Waals surface area (Å²) < 4.78 is 5.22. The molecule has 5 heteroatoms. The van der Waals surface area contributed by atoms with Gasteiger partial charge in [0.15, 0.2) is 0 Å². The molecule has 2 atom stereocenters. The molecule has 2 unspecified atom stereocenters. The van der Waals surface area contributed by atoms with E-state index in [9.17, 15) is 14.4 Å². The average Bonchev–Trinajstić information content (AvgIpc) is 3.09. The first kappa shape index (κ1) is 19.0. The molecule has 0 aromatic heterocycles. The molecular weight excluding hydrogens is 402 g/mol. The van der Waals surface area contributed by atoms with Crippen LogP contribution in [0.5, 0.6) is 5.75 Å². The summed E-state index contributed by atoms with van der Waals surface area (Å²) in [6.07, 6.45) is 0. The van der Waals surface area contributed by atoms with Crippen LogP contribution in [0.15, 0.2) is 72.8 Å². The highest BCUT2D eigenvalue weighted by atomic mass is 16.5. The molecule has 2 amide bonds. The van der Waals surface area contributed by atoms with Gasteiger partial charge in [-0.05, 0) is 53.4 Å². The summed E-state index contributed by atoms with van der Waals surface area (Å²) in [7, 11) is 1.57. The van der Waals surface area contributed by atoms with Gasteiger partial charge in [-0.3, -0.25) is 14.4 Å². The largest absolute Gasteiger partial charge is 0.497 e. The molecule has 3 aromatic carbocycles. The molecule has 2 bridgehead atoms. The fourth-order valence-corrected chi connectivity index (χ4v) is 6.36. The number of ketones is 1. The maximum absolute atomic E-state index is 13.9. The van der Waals surface area contributed by atoms with Crippen LogP contribution >= 0.6 is 0 Å². The molecule has 0 spiro atoms. The molecule has 0 radical (unpaired) electrons. The molecule has 1 saturated heterocycles. The van der Waals surface area contributed by atoms with Crippen LogP contribution in [0.25, 0.3) is 0 Å². The summed E-state index contributed by atoms with van der Waals surface area (Å²) in [6.45, 7) is 1.55. The Labute approximate surface area is 185 Å². The number of hydrogen-bond donors (Lipinski definition) is 0. The van der Waals surface area contributed by atoms with Crippen molar-refractivity contribution in [3.05, 3.63) is 95.1 Å². The highest BCUT2D eigenvalue weighted by Gasteiger charge is 2.69. The third-order valence-corrected chi connectivity index (χ3v) is 7.50. The van der Waals surface area contributed by atoms with Crippen LogP contribution in [0.3, 0.4) is 0 Å². The number of carbonyl (C=O) groups excluding carboxylic acids is 3. The Morgan fingerprint density at radius 1 is 0.844 bits per heavy atom. The van der Waals surface area contributed by atoms with Crippen molar-refractivity contribution in [2.45, 2.75) is 18.3 Å². The Morgan fingerprint density at radius 2 is 1.41 bits per heavy atom. The standard InChI is InChI=1S/C27H21NO4/c1-15(29)27-20-9-5-3-7-18(20)22(19-8-4-6-10-21(19)27)23-24(27)26(31)28(25(23)30)16-11-13-17(32-2)14-12-16/h3-14,22-24H,1-2H3. The van der Waals surface area contributed by atoms with E-state index in [1.807, 2.05) is 48.5 Å². The summed E-state index contributed by atoms with van der Waals surface area (Å²) in [4.78, 5) is 42.6. The molecule has 1 fully saturated rings. The maximum Gasteiger partial charge on any atom is 0.239 e. The zero-order valence-corrected chi connectivity index (χ0v) is 17.7. The zero-order valence-electron chi connectivity index (χ0n) is 17.7. The van der Waals surface area contributed by atoms with Crippen molar-refractivity contribution in [1.82, 2.24) is 0 Å². The van der Waals surface area contributed by atoms with Gasteiger partial charge in [0.1, 0.15) is 11.5 Å². The lowest BCUT2D eigenvalue weighted by atomic mass is 9.46. The van der Waals surface area contributed by atoms with E-state index in [1.165, 1.54) is 4.90 Å². The minimum Gasteiger partial charge on any atom is -0.497 e. The Bertz CT molecular complexity index is 1260. The number of rotatable bonds is 3. The van der Waals surface area contributed by atoms with Gasteiger partial charge < -0.3 is 4.74 Å². The predicted molar refractivity (Wildman–Crippen MR) is 119 cm³/mol. The van der Waals surface area contributed by atoms with Gasteiger partial charge in [0.25, 0.3) is 0 Å². The van der Waals surface area contributed by atoms with Crippen LogP contribution in [-0.2, 0) is 19.8 Å². The van der Waals surface area contributed by atoms with Crippen molar-refractivity contribution in [2.24, 2.45) is 11.8 Å². The SMILES string of the molecule is COc1ccc(N2C(=O)C3C4c5ccccc5C(C(C)=O)(c5ccccc54)C3C2=O)cc1. The third-order valence-electron chi connectivity index (χ3n) is 7.50. The summed E-state index contributed by atoms with van der Waals surface area (Å²) in [5.74, 6) is -1.65. The lowest BCUT2D eigenvalue weighted by Crippen LogP contribution is -2.57. The number of amides is 2. The van der Waals surface area contributed by atoms with E-state index in [4.69, 9.17) is 4.74 Å². The minimum absolute atomic E-state index is 0.108. The van der Waals surface area contributed by atoms with Gasteiger partial charge in [-0.15, -0.1) is 0 Å². The monoisotopic (exact) mass is 423 g/mol. The Balaban J connectivity index is 1.63. The number of nitrogens with zero attached hydrogens (tertiary/aromatic N) is 1. The van der Waals surface area contributed by atoms with Gasteiger partial charge in [-0.25, -0.2) is 4.90 Å². The summed E-state index contributed by atoms with van der Waals surface area (Å²) >= 11 is 0. The molecule has 32 heavy (non-hydrogen) atoms. The number of hydrogen-bond acceptors (Lipinski definition) is 4. The molecule has 0 N–H and O–H groups in total. The van der Waals surface area contributed by atoms with E-state index in [2.05, 4.69) is 0 Å². The van der Waals surface area contributed by atoms with Crippen LogP contribution in [0.1, 0.15) is 35.1 Å². The highest BCUT2D eigenvalue weighted by Crippen LogP contribution is 2.64. The number of methoxy groups -OCH3 is 1. The molecule has 158 valence electrons. The van der Waals surface area contributed by atoms with Crippen molar-refractivity contribution in [2.75, 3.05) is 12.0 Å². The summed E-state index contributed by atoms with van der Waals surface area (Å²) in [6, 6.07) is 22.5. The van der Waals surface area contributed by atoms with Gasteiger partial charge in [0.2, 0.25) is 11.8 Å². The van der Waals surface area contributed by atoms with Crippen LogP contribution in [0.2, 0.25) is 0 Å². The molecule has 3 aliphatic carbocycles. The Hall–Kier alpha value is -3.73. The van der Waals surface area contributed by atoms with Gasteiger partial charge in [0.05, 0.1) is 30.0 Å². The van der Waals surface area contributed by atoms with E-state index in [-0.39, 0.29) is 23.5 Å². The average molecular weight is 423 g/mol. The quantitative estimate of drug-likeness (QED) is 0.601. The normalized spacial score (nSPS) is 27.1. The van der Waals surface area contributed by atoms with Crippen LogP contribution in [-0.4, -0.2) is 24.7 Å². The van der Waals surface area contributed by atoms with E-state index >= 15 is 0 Å². The summed E-state index contributed by atoms with van der Waals surface area (Å²) in [5.41, 5.74) is 2.99. The van der Waals surface area contributed by atoms with Crippen molar-refractivity contribution in [3.63, 3.8) is 0 Å². The van der Waals surface area contributed by atoms with Crippen molar-refractivity contribution < 1.29 is 19.1 Å². The highest BCUT2D eigenvalue weighted by molar-refractivity contribution is 6.25. The number of benzene rings is 3. The van der Waals surface area contributed by atoms with Gasteiger partial charge >= 0.3 is 0 Å². The third kappa shape index (κ3) is 2.06. The first-order valence-electron chi connectivity index (χ1n) is 10.7. The molecule has 4 aliphatic rings. The lowest BCUT2D eigenvalue weighted by molar-refractivity contribution is -0.132. The Kier molecular flexibility index (Phi) is 3.79. The molecular formula is C27H21NO4. The Morgan fingerprint density at radius 3 is 1.94 bits per heavy atom. The van der Waals surface area contributed by atoms with Gasteiger partial charge in [0, 0.05) is 5.92 Å². The van der Waals surface area contributed by atoms with Crippen molar-refractivity contribution in [3.8, 4) is 5.75 Å². The molecule has 7 rings (SSSR count). The smallest absolute Gasteiger partial charge is 0.239 e. The van der Waals surface area contributed by atoms with Crippen LogP contribution in [0.4, 0.5) is 5.69 Å². The number of anilines is 1. The second kappa shape index (κ2) is 6.39. The van der Waals surface area contributed by atoms with E-state index in [0.717, 1.165) is 22.3 Å². The number of Topliss-reactive ketones (excluding diaryl/α,β-unsaturated/α-hetero) is 1. The molecule has 1 heterocycles. The summed E-state index contributed by atoms with van der Waals surface area (Å²) in [5, 5.41) is 0. The molecule has 3 aromatic rings. The van der Waals surface area contributed by atoms with E-state index < -0.39 is 17.3 Å². The topological polar surface area (TPSA) is 63.7 Å². The molecule has 1 aliphatic heterocycles. The van der Waals surface area contributed by atoms with Crippen LogP contribution in [0, 0.1) is 11.8 Å². The van der Waals surface area contributed by atoms with Gasteiger partial charge in [-0.2, -0.15) is 0 Å². The second-order valence-electron chi connectivity index (χ2n) is 8.73. The van der Waals surface area contributed by atoms with Crippen molar-refractivity contribution in [1.29, 1.82) is 0 Å². The number of imide groups is 1. The first-order chi connectivity index (χ1) is 15.5. The number of ether oxygens (including phenoxy) is 1. The number of carbonyl (C=O) groups is 3. The molecule has 5 nitrogen and oxygen atoms in total. The lowest BCUT2D eigenvalue weighted by Gasteiger charge is -2.52. The maximum atomic E-state index is 13.9. The minimum atomic E-state index is -1.17. The first-order valence-corrected chi connectivity index (χ1v) is 10.7. The van der Waals surface area contributed by atoms with E-state index in [0.29, 0.717) is 11.4 Å². The molecule has 0 saturated carbocycles. The fraction of sp³-hybridized carbons (Fsp3) is 0.222. The zero-order chi connectivity index (χ0) is 22.2. The van der Waals surface area contributed by atoms with Crippen LogP contribution < -0.4 is 9.64 Å². The van der Waals surface area contributed by atoms with Crippen molar-refractivity contribution >= 4 is 23.3 Å². The van der Waals surface area contributed by atoms with Gasteiger partial charge in [-0.1, -0.05) is 48.5 Å². The fourth-order valence-electron chi connectivity index (χ4n) is 6.36. The second-order valence-corrected chi connectivity index (χ2v) is 8.73. The van der Waals surface area contributed by atoms with E-state index in [1.54, 1.807) is 38.3 Å².